The molecule has 4 aliphatic rings. The van der Waals surface area contributed by atoms with Gasteiger partial charge in [0, 0.05) is 0 Å². The monoisotopic (exact) mass is 382 g/mol. The van der Waals surface area contributed by atoms with Crippen molar-refractivity contribution in [3.63, 3.8) is 0 Å². The number of epoxide rings is 2. The molecule has 2 aliphatic carbocycles. The third-order valence-corrected chi connectivity index (χ3v) is 14.5. The molecule has 4 rings (SSSR count). The second-order valence-electron chi connectivity index (χ2n) is 10.5. The molecular formula is C20H38O3Si2. The lowest BCUT2D eigenvalue weighted by Crippen LogP contribution is -2.44. The lowest BCUT2D eigenvalue weighted by molar-refractivity contribution is 0.352. The third-order valence-electron chi connectivity index (χ3n) is 7.09. The van der Waals surface area contributed by atoms with E-state index >= 15 is 0 Å². The highest BCUT2D eigenvalue weighted by Gasteiger charge is 2.45. The Morgan fingerprint density at radius 2 is 1.12 bits per heavy atom. The fourth-order valence-electron chi connectivity index (χ4n) is 5.45. The van der Waals surface area contributed by atoms with Crippen LogP contribution in [0.5, 0.6) is 0 Å². The molecule has 0 N–H and O–H groups in total. The third kappa shape index (κ3) is 5.19. The van der Waals surface area contributed by atoms with Crippen LogP contribution >= 0.6 is 0 Å². The van der Waals surface area contributed by atoms with Crippen molar-refractivity contribution in [1.29, 1.82) is 0 Å². The summed E-state index contributed by atoms with van der Waals surface area (Å²) in [6.45, 7) is 9.85. The van der Waals surface area contributed by atoms with E-state index in [1.165, 1.54) is 63.5 Å². The minimum Gasteiger partial charge on any atom is -0.455 e. The van der Waals surface area contributed by atoms with E-state index < -0.39 is 16.6 Å². The molecule has 2 saturated carbocycles. The average Bonchev–Trinajstić information content (AvgIpc) is 3.42. The second kappa shape index (κ2) is 7.04. The summed E-state index contributed by atoms with van der Waals surface area (Å²) in [5.74, 6) is 1.80. The molecule has 0 amide bonds. The first-order valence-electron chi connectivity index (χ1n) is 10.8. The van der Waals surface area contributed by atoms with Crippen LogP contribution in [-0.4, -0.2) is 41.1 Å². The highest BCUT2D eigenvalue weighted by Crippen LogP contribution is 2.43. The van der Waals surface area contributed by atoms with Crippen LogP contribution in [0.3, 0.4) is 0 Å². The molecular weight excluding hydrogens is 344 g/mol. The van der Waals surface area contributed by atoms with Gasteiger partial charge in [-0.3, -0.25) is 0 Å². The Hall–Kier alpha value is 0.314. The minimum absolute atomic E-state index is 0.626. The summed E-state index contributed by atoms with van der Waals surface area (Å²) >= 11 is 0. The van der Waals surface area contributed by atoms with Gasteiger partial charge in [0.05, 0.1) is 24.4 Å². The first kappa shape index (κ1) is 18.7. The van der Waals surface area contributed by atoms with Crippen LogP contribution in [0.2, 0.25) is 38.3 Å². The quantitative estimate of drug-likeness (QED) is 0.420. The van der Waals surface area contributed by atoms with Crippen LogP contribution in [0.15, 0.2) is 0 Å². The molecule has 3 nitrogen and oxygen atoms in total. The first-order valence-corrected chi connectivity index (χ1v) is 17.0. The Bertz CT molecular complexity index is 440. The van der Waals surface area contributed by atoms with Crippen molar-refractivity contribution in [2.75, 3.05) is 0 Å². The van der Waals surface area contributed by atoms with Crippen LogP contribution in [-0.2, 0) is 13.6 Å². The van der Waals surface area contributed by atoms with Gasteiger partial charge in [0.15, 0.2) is 16.6 Å². The summed E-state index contributed by atoms with van der Waals surface area (Å²) in [7, 11) is -3.05. The zero-order chi connectivity index (χ0) is 17.7. The molecule has 4 fully saturated rings. The zero-order valence-corrected chi connectivity index (χ0v) is 18.8. The van der Waals surface area contributed by atoms with E-state index in [1.54, 1.807) is 0 Å². The van der Waals surface area contributed by atoms with E-state index in [2.05, 4.69) is 26.2 Å². The van der Waals surface area contributed by atoms with Gasteiger partial charge in [-0.25, -0.2) is 0 Å². The van der Waals surface area contributed by atoms with Crippen molar-refractivity contribution < 1.29 is 13.6 Å². The van der Waals surface area contributed by atoms with Crippen molar-refractivity contribution in [3.05, 3.63) is 0 Å². The molecule has 0 aromatic heterocycles. The smallest absolute Gasteiger partial charge is 0.173 e. The van der Waals surface area contributed by atoms with E-state index in [0.717, 1.165) is 11.8 Å². The van der Waals surface area contributed by atoms with E-state index in [4.69, 9.17) is 13.6 Å². The molecule has 0 spiro atoms. The Kier molecular flexibility index (Phi) is 5.26. The van der Waals surface area contributed by atoms with Crippen molar-refractivity contribution in [2.45, 2.75) is 114 Å². The summed E-state index contributed by atoms with van der Waals surface area (Å²) < 4.78 is 18.3. The molecule has 144 valence electrons. The SMILES string of the molecule is C[Si](C)(CCC1CCC2OC2C1)O[Si](C)(C)CCC1CC[C@H]2OC2C1. The van der Waals surface area contributed by atoms with Crippen LogP contribution in [0.4, 0.5) is 0 Å². The summed E-state index contributed by atoms with van der Waals surface area (Å²) in [5, 5.41) is 0. The molecule has 2 heterocycles. The van der Waals surface area contributed by atoms with Gasteiger partial charge in [0.1, 0.15) is 0 Å². The maximum atomic E-state index is 6.90. The van der Waals surface area contributed by atoms with Gasteiger partial charge in [-0.2, -0.15) is 0 Å². The normalized spacial score (nSPS) is 40.3. The van der Waals surface area contributed by atoms with E-state index in [0.29, 0.717) is 24.4 Å². The lowest BCUT2D eigenvalue weighted by Gasteiger charge is -2.36. The number of fused-ring (bicyclic) bond motifs is 2. The molecule has 25 heavy (non-hydrogen) atoms. The van der Waals surface area contributed by atoms with Gasteiger partial charge in [-0.15, -0.1) is 0 Å². The molecule has 0 bridgehead atoms. The van der Waals surface area contributed by atoms with Crippen molar-refractivity contribution in [1.82, 2.24) is 0 Å². The molecule has 2 aliphatic heterocycles. The number of ether oxygens (including phenoxy) is 2. The fourth-order valence-corrected chi connectivity index (χ4v) is 14.5. The molecule has 5 unspecified atom stereocenters. The Morgan fingerprint density at radius 3 is 1.52 bits per heavy atom. The van der Waals surface area contributed by atoms with Crippen LogP contribution in [0.1, 0.15) is 51.4 Å². The fraction of sp³-hybridized carbons (Fsp3) is 1.00. The minimum atomic E-state index is -1.53. The largest absolute Gasteiger partial charge is 0.455 e. The predicted octanol–water partition coefficient (Wildman–Crippen LogP) is 5.33. The molecule has 0 aromatic carbocycles. The molecule has 0 aromatic rings. The predicted molar refractivity (Wildman–Crippen MR) is 107 cm³/mol. The van der Waals surface area contributed by atoms with Crippen molar-refractivity contribution in [2.24, 2.45) is 11.8 Å². The van der Waals surface area contributed by atoms with Crippen LogP contribution in [0.25, 0.3) is 0 Å². The number of rotatable bonds is 8. The second-order valence-corrected chi connectivity index (χ2v) is 19.3. The van der Waals surface area contributed by atoms with Gasteiger partial charge < -0.3 is 13.6 Å². The number of hydrogen-bond acceptors (Lipinski definition) is 3. The van der Waals surface area contributed by atoms with Crippen LogP contribution < -0.4 is 0 Å². The first-order chi connectivity index (χ1) is 11.8. The maximum absolute atomic E-state index is 6.90. The zero-order valence-electron chi connectivity index (χ0n) is 16.8. The van der Waals surface area contributed by atoms with E-state index in [9.17, 15) is 0 Å². The molecule has 5 heteroatoms. The van der Waals surface area contributed by atoms with E-state index in [-0.39, 0.29) is 0 Å². The van der Waals surface area contributed by atoms with Gasteiger partial charge >= 0.3 is 0 Å². The summed E-state index contributed by atoms with van der Waals surface area (Å²) in [5.41, 5.74) is 0. The average molecular weight is 383 g/mol. The maximum Gasteiger partial charge on any atom is 0.173 e. The molecule has 6 atom stereocenters. The van der Waals surface area contributed by atoms with Gasteiger partial charge in [-0.1, -0.05) is 12.8 Å². The van der Waals surface area contributed by atoms with Gasteiger partial charge in [0.2, 0.25) is 0 Å². The van der Waals surface area contributed by atoms with Crippen molar-refractivity contribution in [3.8, 4) is 0 Å². The highest BCUT2D eigenvalue weighted by molar-refractivity contribution is 6.84. The molecule has 0 radical (unpaired) electrons. The highest BCUT2D eigenvalue weighted by atomic mass is 28.4. The van der Waals surface area contributed by atoms with E-state index in [1.807, 2.05) is 0 Å². The van der Waals surface area contributed by atoms with Crippen molar-refractivity contribution >= 4 is 16.6 Å². The summed E-state index contributed by atoms with van der Waals surface area (Å²) in [6, 6.07) is 2.68. The summed E-state index contributed by atoms with van der Waals surface area (Å²) in [4.78, 5) is 0. The molecule has 2 saturated heterocycles. The van der Waals surface area contributed by atoms with Crippen LogP contribution in [0, 0.1) is 11.8 Å². The van der Waals surface area contributed by atoms with Gasteiger partial charge in [0.25, 0.3) is 0 Å². The number of hydrogen-bond donors (Lipinski definition) is 0. The topological polar surface area (TPSA) is 34.3 Å². The Balaban J connectivity index is 1.18. The Morgan fingerprint density at radius 1 is 0.680 bits per heavy atom. The Labute approximate surface area is 156 Å². The summed E-state index contributed by atoms with van der Waals surface area (Å²) in [6.07, 6.45) is 13.3. The standard InChI is InChI=1S/C20H38O3Si2/c1-24(2,11-9-15-5-7-17-19(13-15)21-17)23-25(3,4)12-10-16-6-8-18-20(14-16)22-18/h15-20H,5-14H2,1-4H3/t15?,16?,17-,18?,19?,20?/m1/s1. The van der Waals surface area contributed by atoms with Gasteiger partial charge in [-0.05, 0) is 88.6 Å². The lowest BCUT2D eigenvalue weighted by atomic mass is 9.88.